The topological polar surface area (TPSA) is 92.4 Å². The lowest BCUT2D eigenvalue weighted by atomic mass is 10.1. The number of aliphatic imine (C=N–C) groups is 1. The van der Waals surface area contributed by atoms with Gasteiger partial charge in [-0.15, -0.1) is 0 Å². The molecule has 0 atom stereocenters. The molecule has 0 aliphatic carbocycles. The van der Waals surface area contributed by atoms with E-state index < -0.39 is 0 Å². The number of carbonyl (C=O) groups is 1. The molecule has 0 aliphatic heterocycles. The summed E-state index contributed by atoms with van der Waals surface area (Å²) in [5.74, 6) is 0.687. The highest BCUT2D eigenvalue weighted by Crippen LogP contribution is 2.13. The number of carbonyl (C=O) groups excluding carboxylic acids is 1. The van der Waals surface area contributed by atoms with Crippen LogP contribution in [-0.2, 0) is 4.79 Å². The van der Waals surface area contributed by atoms with Gasteiger partial charge < -0.3 is 16.4 Å². The minimum Gasteiger partial charge on any atom is -0.370 e. The Bertz CT molecular complexity index is 717. The van der Waals surface area contributed by atoms with Crippen LogP contribution in [0.3, 0.4) is 0 Å². The molecule has 0 bridgehead atoms. The van der Waals surface area contributed by atoms with Crippen molar-refractivity contribution in [3.05, 3.63) is 53.2 Å². The average Bonchev–Trinajstić information content (AvgIpc) is 2.48. The van der Waals surface area contributed by atoms with Gasteiger partial charge in [0.1, 0.15) is 5.82 Å². The van der Waals surface area contributed by atoms with Crippen molar-refractivity contribution < 1.29 is 4.79 Å². The van der Waals surface area contributed by atoms with E-state index in [1.807, 2.05) is 39.0 Å². The molecule has 1 aromatic carbocycles. The van der Waals surface area contributed by atoms with Crippen molar-refractivity contribution >= 4 is 23.4 Å². The first-order chi connectivity index (χ1) is 11.4. The van der Waals surface area contributed by atoms with E-state index in [1.165, 1.54) is 0 Å². The van der Waals surface area contributed by atoms with Crippen LogP contribution in [-0.4, -0.2) is 23.4 Å². The first-order valence-electron chi connectivity index (χ1n) is 7.80. The van der Waals surface area contributed by atoms with Crippen molar-refractivity contribution in [3.63, 3.8) is 0 Å². The third-order valence-corrected chi connectivity index (χ3v) is 3.29. The molecule has 126 valence electrons. The molecule has 1 heterocycles. The minimum atomic E-state index is -0.144. The Morgan fingerprint density at radius 1 is 1.08 bits per heavy atom. The number of nitrogens with zero attached hydrogens (tertiary/aromatic N) is 2. The highest BCUT2D eigenvalue weighted by Gasteiger charge is 2.03. The molecule has 0 unspecified atom stereocenters. The number of nitrogens with one attached hydrogen (secondary N) is 2. The highest BCUT2D eigenvalue weighted by atomic mass is 16.1. The fourth-order valence-electron chi connectivity index (χ4n) is 2.26. The van der Waals surface area contributed by atoms with Crippen molar-refractivity contribution in [1.29, 1.82) is 0 Å². The number of guanidine groups is 1. The van der Waals surface area contributed by atoms with Crippen LogP contribution in [0.2, 0.25) is 0 Å². The summed E-state index contributed by atoms with van der Waals surface area (Å²) in [6, 6.07) is 9.73. The number of aromatic nitrogens is 1. The minimum absolute atomic E-state index is 0.144. The van der Waals surface area contributed by atoms with Gasteiger partial charge in [0.15, 0.2) is 5.96 Å². The Hall–Kier alpha value is -2.89. The third-order valence-electron chi connectivity index (χ3n) is 3.29. The van der Waals surface area contributed by atoms with Gasteiger partial charge in [-0.3, -0.25) is 9.79 Å². The molecule has 0 saturated heterocycles. The summed E-state index contributed by atoms with van der Waals surface area (Å²) in [5.41, 5.74) is 10.1. The molecule has 6 nitrogen and oxygen atoms in total. The van der Waals surface area contributed by atoms with E-state index in [0.29, 0.717) is 18.3 Å². The summed E-state index contributed by atoms with van der Waals surface area (Å²) in [7, 11) is 0. The summed E-state index contributed by atoms with van der Waals surface area (Å²) >= 11 is 0. The molecule has 4 N–H and O–H groups in total. The Balaban J connectivity index is 1.81. The van der Waals surface area contributed by atoms with Gasteiger partial charge in [-0.05, 0) is 55.7 Å². The lowest BCUT2D eigenvalue weighted by Gasteiger charge is -2.08. The van der Waals surface area contributed by atoms with Crippen molar-refractivity contribution in [2.45, 2.75) is 27.2 Å². The second-order valence-corrected chi connectivity index (χ2v) is 5.79. The zero-order chi connectivity index (χ0) is 17.5. The maximum atomic E-state index is 11.8. The quantitative estimate of drug-likeness (QED) is 0.582. The van der Waals surface area contributed by atoms with E-state index in [4.69, 9.17) is 5.73 Å². The zero-order valence-electron chi connectivity index (χ0n) is 14.3. The van der Waals surface area contributed by atoms with Crippen molar-refractivity contribution in [2.75, 3.05) is 17.2 Å². The van der Waals surface area contributed by atoms with Crippen LogP contribution in [0.4, 0.5) is 11.5 Å². The van der Waals surface area contributed by atoms with Crippen LogP contribution >= 0.6 is 0 Å². The summed E-state index contributed by atoms with van der Waals surface area (Å²) in [6.07, 6.45) is 1.95. The average molecular weight is 325 g/mol. The van der Waals surface area contributed by atoms with E-state index in [9.17, 15) is 4.79 Å². The molecule has 1 aromatic heterocycles. The highest BCUT2D eigenvalue weighted by molar-refractivity contribution is 5.93. The first-order valence-corrected chi connectivity index (χ1v) is 7.80. The summed E-state index contributed by atoms with van der Waals surface area (Å²) in [6.45, 7) is 6.30. The predicted octanol–water partition coefficient (Wildman–Crippen LogP) is 2.76. The van der Waals surface area contributed by atoms with Gasteiger partial charge in [0, 0.05) is 18.3 Å². The fraction of sp³-hybridized carbons (Fsp3) is 0.278. The lowest BCUT2D eigenvalue weighted by Crippen LogP contribution is -2.23. The second kappa shape index (κ2) is 8.10. The number of nitrogens with two attached hydrogens (primary N) is 1. The monoisotopic (exact) mass is 325 g/mol. The molecule has 0 saturated carbocycles. The molecule has 2 aromatic rings. The van der Waals surface area contributed by atoms with Crippen molar-refractivity contribution in [3.8, 4) is 0 Å². The Kier molecular flexibility index (Phi) is 5.89. The van der Waals surface area contributed by atoms with Crippen LogP contribution < -0.4 is 16.4 Å². The SMILES string of the molecule is Cc1ccc(NC(=O)CCN=C(N)Nc2cc(C)cc(C)c2)nc1. The number of benzene rings is 1. The first kappa shape index (κ1) is 17.5. The van der Waals surface area contributed by atoms with Gasteiger partial charge in [0.2, 0.25) is 5.91 Å². The van der Waals surface area contributed by atoms with E-state index in [2.05, 4.69) is 26.7 Å². The largest absolute Gasteiger partial charge is 0.370 e. The van der Waals surface area contributed by atoms with Crippen LogP contribution in [0.25, 0.3) is 0 Å². The third kappa shape index (κ3) is 5.72. The van der Waals surface area contributed by atoms with Crippen molar-refractivity contribution in [1.82, 2.24) is 4.98 Å². The second-order valence-electron chi connectivity index (χ2n) is 5.79. The number of hydrogen-bond acceptors (Lipinski definition) is 3. The van der Waals surface area contributed by atoms with Gasteiger partial charge in [-0.1, -0.05) is 12.1 Å². The normalized spacial score (nSPS) is 11.2. The van der Waals surface area contributed by atoms with Crippen LogP contribution in [0.5, 0.6) is 0 Å². The van der Waals surface area contributed by atoms with Gasteiger partial charge >= 0.3 is 0 Å². The van der Waals surface area contributed by atoms with Gasteiger partial charge in [0.05, 0.1) is 6.54 Å². The number of hydrogen-bond donors (Lipinski definition) is 3. The number of aryl methyl sites for hydroxylation is 3. The Morgan fingerprint density at radius 3 is 2.42 bits per heavy atom. The lowest BCUT2D eigenvalue weighted by molar-refractivity contribution is -0.116. The van der Waals surface area contributed by atoms with E-state index >= 15 is 0 Å². The Labute approximate surface area is 142 Å². The summed E-state index contributed by atoms with van der Waals surface area (Å²) < 4.78 is 0. The molecule has 1 amide bonds. The maximum Gasteiger partial charge on any atom is 0.227 e. The Morgan fingerprint density at radius 2 is 1.79 bits per heavy atom. The van der Waals surface area contributed by atoms with Gasteiger partial charge in [0.25, 0.3) is 0 Å². The van der Waals surface area contributed by atoms with E-state index in [-0.39, 0.29) is 12.3 Å². The predicted molar refractivity (Wildman–Crippen MR) is 98.2 cm³/mol. The number of rotatable bonds is 5. The van der Waals surface area contributed by atoms with E-state index in [1.54, 1.807) is 12.3 Å². The fourth-order valence-corrected chi connectivity index (χ4v) is 2.26. The molecule has 0 fully saturated rings. The molecule has 0 spiro atoms. The molecular weight excluding hydrogens is 302 g/mol. The summed E-state index contributed by atoms with van der Waals surface area (Å²) in [4.78, 5) is 20.2. The van der Waals surface area contributed by atoms with Gasteiger partial charge in [-0.2, -0.15) is 0 Å². The molecular formula is C18H23N5O. The van der Waals surface area contributed by atoms with Crippen LogP contribution in [0.15, 0.2) is 41.5 Å². The number of pyridine rings is 1. The molecule has 6 heteroatoms. The molecule has 0 radical (unpaired) electrons. The molecule has 0 aliphatic rings. The molecule has 24 heavy (non-hydrogen) atoms. The van der Waals surface area contributed by atoms with E-state index in [0.717, 1.165) is 22.4 Å². The smallest absolute Gasteiger partial charge is 0.227 e. The van der Waals surface area contributed by atoms with Crippen molar-refractivity contribution in [2.24, 2.45) is 10.7 Å². The zero-order valence-corrected chi connectivity index (χ0v) is 14.3. The van der Waals surface area contributed by atoms with Crippen LogP contribution in [0.1, 0.15) is 23.1 Å². The molecule has 2 rings (SSSR count). The number of amides is 1. The van der Waals surface area contributed by atoms with Gasteiger partial charge in [-0.25, -0.2) is 4.98 Å². The number of anilines is 2. The standard InChI is InChI=1S/C18H23N5O/c1-12-4-5-16(21-11-12)23-17(24)6-7-20-18(19)22-15-9-13(2)8-14(3)10-15/h4-5,8-11H,6-7H2,1-3H3,(H3,19,20,22)(H,21,23,24). The van der Waals surface area contributed by atoms with Crippen LogP contribution in [0, 0.1) is 20.8 Å². The summed E-state index contributed by atoms with van der Waals surface area (Å²) in [5, 5.41) is 5.76. The maximum absolute atomic E-state index is 11.8.